The highest BCUT2D eigenvalue weighted by atomic mass is 35.5. The van der Waals surface area contributed by atoms with Gasteiger partial charge in [0.2, 0.25) is 0 Å². The van der Waals surface area contributed by atoms with Crippen LogP contribution in [0.25, 0.3) is 0 Å². The average molecular weight is 309 g/mol. The average Bonchev–Trinajstić information content (AvgIpc) is 2.83. The van der Waals surface area contributed by atoms with Gasteiger partial charge in [-0.25, -0.2) is 4.79 Å². The lowest BCUT2D eigenvalue weighted by atomic mass is 10.2. The van der Waals surface area contributed by atoms with Gasteiger partial charge < -0.3 is 15.4 Å². The van der Waals surface area contributed by atoms with Crippen LogP contribution in [0.1, 0.15) is 18.4 Å². The predicted octanol–water partition coefficient (Wildman–Crippen LogP) is 3.62. The number of benzene rings is 1. The number of nitrogens with one attached hydrogen (secondary N) is 2. The Morgan fingerprint density at radius 3 is 2.75 bits per heavy atom. The number of halogens is 4. The third-order valence-corrected chi connectivity index (χ3v) is 3.08. The number of ether oxygens (including phenoxy) is 1. The fraction of sp³-hybridized carbons (Fsp3) is 0.417. The van der Waals surface area contributed by atoms with Crippen LogP contribution in [0.3, 0.4) is 0 Å². The summed E-state index contributed by atoms with van der Waals surface area (Å²) in [4.78, 5) is 11.6. The zero-order valence-electron chi connectivity index (χ0n) is 10.3. The molecule has 1 aliphatic heterocycles. The van der Waals surface area contributed by atoms with E-state index in [2.05, 4.69) is 10.6 Å². The van der Waals surface area contributed by atoms with Gasteiger partial charge in [-0.1, -0.05) is 11.6 Å². The Kier molecular flexibility index (Phi) is 4.39. The molecule has 1 fully saturated rings. The van der Waals surface area contributed by atoms with Crippen molar-refractivity contribution in [2.75, 3.05) is 11.9 Å². The molecule has 1 aromatic carbocycles. The van der Waals surface area contributed by atoms with Gasteiger partial charge in [0.1, 0.15) is 6.23 Å². The summed E-state index contributed by atoms with van der Waals surface area (Å²) in [5.41, 5.74) is -0.980. The zero-order valence-corrected chi connectivity index (χ0v) is 11.0. The van der Waals surface area contributed by atoms with E-state index in [1.165, 1.54) is 6.07 Å². The predicted molar refractivity (Wildman–Crippen MR) is 67.6 cm³/mol. The van der Waals surface area contributed by atoms with Gasteiger partial charge >= 0.3 is 12.2 Å². The first kappa shape index (κ1) is 14.9. The maximum Gasteiger partial charge on any atom is 0.417 e. The first-order valence-electron chi connectivity index (χ1n) is 5.92. The molecule has 0 aliphatic carbocycles. The second kappa shape index (κ2) is 5.88. The largest absolute Gasteiger partial charge is 0.417 e. The first-order valence-corrected chi connectivity index (χ1v) is 6.30. The summed E-state index contributed by atoms with van der Waals surface area (Å²) < 4.78 is 43.2. The van der Waals surface area contributed by atoms with E-state index in [0.29, 0.717) is 13.0 Å². The summed E-state index contributed by atoms with van der Waals surface area (Å²) >= 11 is 5.49. The number of hydrogen-bond acceptors (Lipinski definition) is 2. The molecule has 110 valence electrons. The van der Waals surface area contributed by atoms with E-state index in [1.807, 2.05) is 0 Å². The number of carbonyl (C=O) groups is 1. The minimum absolute atomic E-state index is 0.0113. The van der Waals surface area contributed by atoms with Crippen LogP contribution in [-0.4, -0.2) is 18.9 Å². The summed E-state index contributed by atoms with van der Waals surface area (Å²) in [6, 6.07) is 2.56. The highest BCUT2D eigenvalue weighted by Gasteiger charge is 2.33. The van der Waals surface area contributed by atoms with Gasteiger partial charge in [-0.15, -0.1) is 0 Å². The van der Waals surface area contributed by atoms with Crippen LogP contribution in [0, 0.1) is 0 Å². The third-order valence-electron chi connectivity index (χ3n) is 2.75. The SMILES string of the molecule is O=C(Nc1ccc(Cl)c(C(F)(F)F)c1)NC1CCCO1. The molecule has 1 heterocycles. The van der Waals surface area contributed by atoms with Crippen LogP contribution in [0.15, 0.2) is 18.2 Å². The second-order valence-corrected chi connectivity index (χ2v) is 4.70. The van der Waals surface area contributed by atoms with E-state index in [0.717, 1.165) is 18.6 Å². The van der Waals surface area contributed by atoms with Gasteiger partial charge in [-0.3, -0.25) is 0 Å². The number of anilines is 1. The van der Waals surface area contributed by atoms with Gasteiger partial charge in [-0.2, -0.15) is 13.2 Å². The third kappa shape index (κ3) is 3.77. The van der Waals surface area contributed by atoms with Crippen LogP contribution >= 0.6 is 11.6 Å². The second-order valence-electron chi connectivity index (χ2n) is 4.29. The number of amides is 2. The van der Waals surface area contributed by atoms with Crippen molar-refractivity contribution in [2.24, 2.45) is 0 Å². The number of carbonyl (C=O) groups excluding carboxylic acids is 1. The monoisotopic (exact) mass is 308 g/mol. The molecule has 2 rings (SSSR count). The lowest BCUT2D eigenvalue weighted by molar-refractivity contribution is -0.137. The Morgan fingerprint density at radius 2 is 2.15 bits per heavy atom. The quantitative estimate of drug-likeness (QED) is 0.877. The van der Waals surface area contributed by atoms with Gasteiger partial charge in [0, 0.05) is 12.3 Å². The molecule has 0 saturated carbocycles. The van der Waals surface area contributed by atoms with Crippen LogP contribution in [-0.2, 0) is 10.9 Å². The molecule has 20 heavy (non-hydrogen) atoms. The van der Waals surface area contributed by atoms with Crippen molar-refractivity contribution in [3.8, 4) is 0 Å². The lowest BCUT2D eigenvalue weighted by Crippen LogP contribution is -2.37. The standard InChI is InChI=1S/C12H12ClF3N2O2/c13-9-4-3-7(6-8(9)12(14,15)16)17-11(19)18-10-2-1-5-20-10/h3-4,6,10H,1-2,5H2,(H2,17,18,19). The van der Waals surface area contributed by atoms with Crippen molar-refractivity contribution in [3.05, 3.63) is 28.8 Å². The highest BCUT2D eigenvalue weighted by Crippen LogP contribution is 2.36. The molecule has 8 heteroatoms. The Hall–Kier alpha value is -1.47. The topological polar surface area (TPSA) is 50.4 Å². The van der Waals surface area contributed by atoms with Gasteiger partial charge in [0.15, 0.2) is 0 Å². The molecule has 1 saturated heterocycles. The molecule has 0 radical (unpaired) electrons. The smallest absolute Gasteiger partial charge is 0.358 e. The minimum Gasteiger partial charge on any atom is -0.358 e. The number of urea groups is 1. The van der Waals surface area contributed by atoms with E-state index in [4.69, 9.17) is 16.3 Å². The molecule has 0 spiro atoms. The normalized spacial score (nSPS) is 18.9. The van der Waals surface area contributed by atoms with Crippen molar-refractivity contribution in [3.63, 3.8) is 0 Å². The molecular formula is C12H12ClF3N2O2. The van der Waals surface area contributed by atoms with Gasteiger partial charge in [0.05, 0.1) is 10.6 Å². The van der Waals surface area contributed by atoms with Crippen LogP contribution < -0.4 is 10.6 Å². The fourth-order valence-electron chi connectivity index (χ4n) is 1.83. The summed E-state index contributed by atoms with van der Waals surface area (Å²) in [6.07, 6.45) is -3.45. The van der Waals surface area contributed by atoms with Crippen LogP contribution in [0.2, 0.25) is 5.02 Å². The zero-order chi connectivity index (χ0) is 14.8. The lowest BCUT2D eigenvalue weighted by Gasteiger charge is -2.14. The van der Waals surface area contributed by atoms with Crippen molar-refractivity contribution in [1.29, 1.82) is 0 Å². The van der Waals surface area contributed by atoms with Crippen molar-refractivity contribution in [1.82, 2.24) is 5.32 Å². The van der Waals surface area contributed by atoms with E-state index < -0.39 is 29.0 Å². The maximum absolute atomic E-state index is 12.7. The molecule has 1 aliphatic rings. The molecule has 1 atom stereocenters. The number of hydrogen-bond donors (Lipinski definition) is 2. The Labute approximate surface area is 118 Å². The van der Waals surface area contributed by atoms with E-state index in [-0.39, 0.29) is 5.69 Å². The number of alkyl halides is 3. The van der Waals surface area contributed by atoms with Crippen LogP contribution in [0.4, 0.5) is 23.7 Å². The molecule has 2 N–H and O–H groups in total. The fourth-order valence-corrected chi connectivity index (χ4v) is 2.05. The molecule has 1 unspecified atom stereocenters. The van der Waals surface area contributed by atoms with Gasteiger partial charge in [0.25, 0.3) is 0 Å². The summed E-state index contributed by atoms with van der Waals surface area (Å²) in [6.45, 7) is 0.560. The molecule has 4 nitrogen and oxygen atoms in total. The summed E-state index contributed by atoms with van der Waals surface area (Å²) in [7, 11) is 0. The van der Waals surface area contributed by atoms with Crippen molar-refractivity contribution in [2.45, 2.75) is 25.2 Å². The Morgan fingerprint density at radius 1 is 1.40 bits per heavy atom. The van der Waals surface area contributed by atoms with Crippen molar-refractivity contribution >= 4 is 23.3 Å². The molecule has 0 aromatic heterocycles. The molecule has 1 aromatic rings. The van der Waals surface area contributed by atoms with Gasteiger partial charge in [-0.05, 0) is 31.0 Å². The van der Waals surface area contributed by atoms with Crippen LogP contribution in [0.5, 0.6) is 0 Å². The number of rotatable bonds is 2. The Bertz CT molecular complexity index is 502. The Balaban J connectivity index is 2.04. The summed E-state index contributed by atoms with van der Waals surface area (Å²) in [5.74, 6) is 0. The minimum atomic E-state index is -4.57. The molecular weight excluding hydrogens is 297 g/mol. The van der Waals surface area contributed by atoms with Crippen molar-refractivity contribution < 1.29 is 22.7 Å². The first-order chi connectivity index (χ1) is 9.36. The summed E-state index contributed by atoms with van der Waals surface area (Å²) in [5, 5.41) is 4.42. The van der Waals surface area contributed by atoms with E-state index in [9.17, 15) is 18.0 Å². The molecule has 2 amide bonds. The highest BCUT2D eigenvalue weighted by molar-refractivity contribution is 6.31. The van der Waals surface area contributed by atoms with E-state index >= 15 is 0 Å². The molecule has 0 bridgehead atoms. The maximum atomic E-state index is 12.7. The van der Waals surface area contributed by atoms with E-state index in [1.54, 1.807) is 0 Å².